The summed E-state index contributed by atoms with van der Waals surface area (Å²) < 4.78 is 48.2. The Hall–Kier alpha value is 0.290. The molecule has 0 aliphatic carbocycles. The summed E-state index contributed by atoms with van der Waals surface area (Å²) >= 11 is 2.78. The van der Waals surface area contributed by atoms with Crippen LogP contribution in [0, 0.1) is 0 Å². The molecular weight excluding hydrogens is 302 g/mol. The molecule has 0 aliphatic rings. The fraction of sp³-hybridized carbons (Fsp3) is 1.00. The Morgan fingerprint density at radius 3 is 2.12 bits per heavy atom. The molecule has 0 aromatic heterocycles. The SMILES string of the molecule is CCCCCCCC(Br)C(F)(F)S(C)(=O)=O. The first-order valence-corrected chi connectivity index (χ1v) is 8.25. The molecule has 0 spiro atoms. The third kappa shape index (κ3) is 5.08. The molecule has 0 saturated carbocycles. The molecule has 0 amide bonds. The Labute approximate surface area is 105 Å². The van der Waals surface area contributed by atoms with E-state index in [9.17, 15) is 17.2 Å². The molecule has 0 fully saturated rings. The first-order chi connectivity index (χ1) is 7.23. The number of alkyl halides is 3. The summed E-state index contributed by atoms with van der Waals surface area (Å²) in [7, 11) is -4.33. The van der Waals surface area contributed by atoms with Gasteiger partial charge in [-0.3, -0.25) is 0 Å². The van der Waals surface area contributed by atoms with Gasteiger partial charge in [0.05, 0.1) is 4.83 Å². The molecule has 0 heterocycles. The standard InChI is InChI=1S/C10H19BrF2O2S/c1-3-4-5-6-7-8-9(11)10(12,13)16(2,14)15/h9H,3-8H2,1-2H3. The molecule has 6 heteroatoms. The number of unbranched alkanes of at least 4 members (excludes halogenated alkanes) is 4. The van der Waals surface area contributed by atoms with Crippen LogP contribution in [0.15, 0.2) is 0 Å². The predicted octanol–water partition coefficient (Wildman–Crippen LogP) is 3.75. The molecule has 0 aromatic carbocycles. The maximum Gasteiger partial charge on any atom is 0.357 e. The highest BCUT2D eigenvalue weighted by Gasteiger charge is 2.47. The van der Waals surface area contributed by atoms with Gasteiger partial charge in [0.25, 0.3) is 0 Å². The fourth-order valence-electron chi connectivity index (χ4n) is 1.33. The second kappa shape index (κ2) is 6.89. The third-order valence-electron chi connectivity index (χ3n) is 2.42. The minimum Gasteiger partial charge on any atom is -0.223 e. The Kier molecular flexibility index (Phi) is 7.01. The molecule has 0 aliphatic heterocycles. The number of sulfone groups is 1. The van der Waals surface area contributed by atoms with Gasteiger partial charge in [-0.15, -0.1) is 0 Å². The van der Waals surface area contributed by atoms with Crippen LogP contribution in [0.5, 0.6) is 0 Å². The lowest BCUT2D eigenvalue weighted by Crippen LogP contribution is -2.37. The maximum absolute atomic E-state index is 13.3. The quantitative estimate of drug-likeness (QED) is 0.504. The van der Waals surface area contributed by atoms with E-state index in [1.807, 2.05) is 0 Å². The second-order valence-corrected chi connectivity index (χ2v) is 7.20. The van der Waals surface area contributed by atoms with Crippen LogP contribution in [0.2, 0.25) is 0 Å². The van der Waals surface area contributed by atoms with E-state index in [0.29, 0.717) is 12.7 Å². The summed E-state index contributed by atoms with van der Waals surface area (Å²) in [6.07, 6.45) is 5.45. The first kappa shape index (κ1) is 16.3. The van der Waals surface area contributed by atoms with Crippen LogP contribution >= 0.6 is 15.9 Å². The number of halogens is 3. The minimum absolute atomic E-state index is 0.184. The molecule has 0 N–H and O–H groups in total. The number of hydrogen-bond donors (Lipinski definition) is 0. The van der Waals surface area contributed by atoms with Crippen LogP contribution in [0.25, 0.3) is 0 Å². The topological polar surface area (TPSA) is 34.1 Å². The van der Waals surface area contributed by atoms with E-state index in [4.69, 9.17) is 0 Å². The molecule has 1 unspecified atom stereocenters. The molecule has 0 bridgehead atoms. The van der Waals surface area contributed by atoms with Gasteiger partial charge in [-0.25, -0.2) is 8.42 Å². The lowest BCUT2D eigenvalue weighted by molar-refractivity contribution is 0.0886. The van der Waals surface area contributed by atoms with Crippen LogP contribution < -0.4 is 0 Å². The number of rotatable bonds is 8. The molecular formula is C10H19BrF2O2S. The zero-order valence-corrected chi connectivity index (χ0v) is 12.1. The zero-order valence-electron chi connectivity index (χ0n) is 9.68. The van der Waals surface area contributed by atoms with Gasteiger partial charge in [-0.05, 0) is 6.42 Å². The van der Waals surface area contributed by atoms with E-state index in [1.54, 1.807) is 0 Å². The molecule has 0 aromatic rings. The van der Waals surface area contributed by atoms with Gasteiger partial charge in [-0.1, -0.05) is 55.0 Å². The van der Waals surface area contributed by atoms with Crippen molar-refractivity contribution in [3.63, 3.8) is 0 Å². The van der Waals surface area contributed by atoms with Crippen molar-refractivity contribution in [2.45, 2.75) is 55.5 Å². The molecule has 2 nitrogen and oxygen atoms in total. The van der Waals surface area contributed by atoms with E-state index in [1.165, 1.54) is 0 Å². The monoisotopic (exact) mass is 320 g/mol. The van der Waals surface area contributed by atoms with Crippen molar-refractivity contribution in [1.82, 2.24) is 0 Å². The largest absolute Gasteiger partial charge is 0.357 e. The van der Waals surface area contributed by atoms with Crippen molar-refractivity contribution in [3.8, 4) is 0 Å². The Bertz CT molecular complexity index is 291. The summed E-state index contributed by atoms with van der Waals surface area (Å²) in [5, 5.41) is -3.67. The molecule has 16 heavy (non-hydrogen) atoms. The van der Waals surface area contributed by atoms with E-state index >= 15 is 0 Å². The molecule has 98 valence electrons. The van der Waals surface area contributed by atoms with Crippen molar-refractivity contribution in [3.05, 3.63) is 0 Å². The van der Waals surface area contributed by atoms with E-state index < -0.39 is 19.9 Å². The minimum atomic E-state index is -4.33. The van der Waals surface area contributed by atoms with E-state index in [2.05, 4.69) is 22.9 Å². The van der Waals surface area contributed by atoms with Gasteiger partial charge >= 0.3 is 5.25 Å². The predicted molar refractivity (Wildman–Crippen MR) is 65.9 cm³/mol. The summed E-state index contributed by atoms with van der Waals surface area (Å²) in [5.74, 6) is 0. The average molecular weight is 321 g/mol. The highest BCUT2D eigenvalue weighted by molar-refractivity contribution is 9.09. The van der Waals surface area contributed by atoms with Gasteiger partial charge in [0.1, 0.15) is 0 Å². The van der Waals surface area contributed by atoms with E-state index in [0.717, 1.165) is 25.7 Å². The van der Waals surface area contributed by atoms with Gasteiger partial charge in [0.15, 0.2) is 0 Å². The molecule has 1 atom stereocenters. The van der Waals surface area contributed by atoms with Crippen LogP contribution in [-0.2, 0) is 9.84 Å². The summed E-state index contributed by atoms with van der Waals surface area (Å²) in [6.45, 7) is 2.07. The molecule has 0 rings (SSSR count). The van der Waals surface area contributed by atoms with Crippen LogP contribution in [0.3, 0.4) is 0 Å². The van der Waals surface area contributed by atoms with Crippen molar-refractivity contribution in [2.24, 2.45) is 0 Å². The highest BCUT2D eigenvalue weighted by atomic mass is 79.9. The highest BCUT2D eigenvalue weighted by Crippen LogP contribution is 2.33. The normalized spacial score (nSPS) is 15.1. The van der Waals surface area contributed by atoms with Gasteiger partial charge in [0.2, 0.25) is 9.84 Å². The lowest BCUT2D eigenvalue weighted by Gasteiger charge is -2.20. The maximum atomic E-state index is 13.3. The summed E-state index contributed by atoms with van der Waals surface area (Å²) in [6, 6.07) is 0. The van der Waals surface area contributed by atoms with Gasteiger partial charge in [0, 0.05) is 6.26 Å². The van der Waals surface area contributed by atoms with Crippen LogP contribution in [-0.4, -0.2) is 24.8 Å². The van der Waals surface area contributed by atoms with Crippen molar-refractivity contribution in [1.29, 1.82) is 0 Å². The Morgan fingerprint density at radius 1 is 1.19 bits per heavy atom. The Balaban J connectivity index is 4.02. The zero-order chi connectivity index (χ0) is 12.8. The number of hydrogen-bond acceptors (Lipinski definition) is 2. The Morgan fingerprint density at radius 2 is 1.69 bits per heavy atom. The summed E-state index contributed by atoms with van der Waals surface area (Å²) in [4.78, 5) is -1.28. The first-order valence-electron chi connectivity index (χ1n) is 5.45. The van der Waals surface area contributed by atoms with Crippen molar-refractivity contribution < 1.29 is 17.2 Å². The molecule has 0 radical (unpaired) electrons. The molecule has 0 saturated heterocycles. The lowest BCUT2D eigenvalue weighted by atomic mass is 10.1. The second-order valence-electron chi connectivity index (χ2n) is 4.00. The third-order valence-corrected chi connectivity index (χ3v) is 5.03. The van der Waals surface area contributed by atoms with Crippen LogP contribution in [0.4, 0.5) is 8.78 Å². The van der Waals surface area contributed by atoms with Crippen molar-refractivity contribution in [2.75, 3.05) is 6.26 Å². The van der Waals surface area contributed by atoms with Gasteiger partial charge < -0.3 is 0 Å². The summed E-state index contributed by atoms with van der Waals surface area (Å²) in [5.41, 5.74) is 0. The smallest absolute Gasteiger partial charge is 0.223 e. The van der Waals surface area contributed by atoms with E-state index in [-0.39, 0.29) is 6.42 Å². The fourth-order valence-corrected chi connectivity index (χ4v) is 3.25. The van der Waals surface area contributed by atoms with Gasteiger partial charge in [-0.2, -0.15) is 8.78 Å². The average Bonchev–Trinajstić information content (AvgIpc) is 2.15. The van der Waals surface area contributed by atoms with Crippen molar-refractivity contribution >= 4 is 25.8 Å². The van der Waals surface area contributed by atoms with Crippen LogP contribution in [0.1, 0.15) is 45.4 Å².